The third-order valence-corrected chi connectivity index (χ3v) is 8.85. The summed E-state index contributed by atoms with van der Waals surface area (Å²) < 4.78 is 28.0. The maximum atomic E-state index is 14.2. The molecule has 0 heterocycles. The molecule has 0 aliphatic carbocycles. The molecule has 0 saturated heterocycles. The molecule has 42 heavy (non-hydrogen) atoms. The van der Waals surface area contributed by atoms with Crippen molar-refractivity contribution < 1.29 is 18.0 Å². The Morgan fingerprint density at radius 1 is 0.929 bits per heavy atom. The van der Waals surface area contributed by atoms with Gasteiger partial charge in [0, 0.05) is 23.5 Å². The zero-order chi connectivity index (χ0) is 31.1. The van der Waals surface area contributed by atoms with Gasteiger partial charge in [-0.3, -0.25) is 13.9 Å². The van der Waals surface area contributed by atoms with E-state index >= 15 is 0 Å². The molecule has 0 fully saturated rings. The number of nitrogens with zero attached hydrogens (tertiary/aromatic N) is 2. The zero-order valence-corrected chi connectivity index (χ0v) is 27.7. The van der Waals surface area contributed by atoms with E-state index in [0.29, 0.717) is 5.69 Å². The van der Waals surface area contributed by atoms with E-state index in [2.05, 4.69) is 42.0 Å². The second kappa shape index (κ2) is 14.3. The molecule has 3 aromatic carbocycles. The van der Waals surface area contributed by atoms with Crippen molar-refractivity contribution in [2.75, 3.05) is 17.1 Å². The summed E-state index contributed by atoms with van der Waals surface area (Å²) in [5.74, 6) is -0.752. The molecule has 0 saturated carbocycles. The molecular formula is C33H42BrN3O4S. The van der Waals surface area contributed by atoms with E-state index < -0.39 is 28.5 Å². The molecule has 1 N–H and O–H groups in total. The number of carbonyl (C=O) groups excluding carboxylic acids is 2. The van der Waals surface area contributed by atoms with Crippen LogP contribution in [0.15, 0.2) is 83.3 Å². The van der Waals surface area contributed by atoms with Crippen LogP contribution in [0.25, 0.3) is 0 Å². The number of nitrogens with one attached hydrogen (secondary N) is 1. The smallest absolute Gasteiger partial charge is 0.244 e. The van der Waals surface area contributed by atoms with E-state index in [1.54, 1.807) is 12.1 Å². The van der Waals surface area contributed by atoms with Gasteiger partial charge in [-0.05, 0) is 59.7 Å². The minimum Gasteiger partial charge on any atom is -0.352 e. The second-order valence-electron chi connectivity index (χ2n) is 11.7. The van der Waals surface area contributed by atoms with E-state index in [0.717, 1.165) is 38.1 Å². The van der Waals surface area contributed by atoms with Gasteiger partial charge in [0.2, 0.25) is 21.8 Å². The van der Waals surface area contributed by atoms with Crippen molar-refractivity contribution in [2.24, 2.45) is 0 Å². The van der Waals surface area contributed by atoms with Crippen LogP contribution in [-0.4, -0.2) is 50.0 Å². The average molecular weight is 657 g/mol. The summed E-state index contributed by atoms with van der Waals surface area (Å²) in [6.07, 6.45) is 2.10. The minimum absolute atomic E-state index is 0.0903. The highest BCUT2D eigenvalue weighted by Crippen LogP contribution is 2.26. The van der Waals surface area contributed by atoms with Crippen LogP contribution >= 0.6 is 15.9 Å². The van der Waals surface area contributed by atoms with E-state index in [1.165, 1.54) is 4.90 Å². The summed E-state index contributed by atoms with van der Waals surface area (Å²) >= 11 is 3.50. The van der Waals surface area contributed by atoms with Gasteiger partial charge in [0.25, 0.3) is 0 Å². The number of halogens is 1. The predicted molar refractivity (Wildman–Crippen MR) is 174 cm³/mol. The topological polar surface area (TPSA) is 86.8 Å². The normalized spacial score (nSPS) is 13.2. The Bertz CT molecular complexity index is 1450. The van der Waals surface area contributed by atoms with Crippen LogP contribution in [0, 0.1) is 0 Å². The SMILES string of the molecule is CC[C@H](C)NC(=O)[C@H](Cc1ccccc1)N(Cc1cccc(Br)c1)C(=O)CN(c1ccc(C(C)(C)C)cc1)S(C)(=O)=O. The quantitative estimate of drug-likeness (QED) is 0.257. The zero-order valence-electron chi connectivity index (χ0n) is 25.3. The highest BCUT2D eigenvalue weighted by Gasteiger charge is 2.33. The third kappa shape index (κ3) is 9.42. The van der Waals surface area contributed by atoms with Gasteiger partial charge in [0.15, 0.2) is 0 Å². The van der Waals surface area contributed by atoms with Gasteiger partial charge in [0.05, 0.1) is 11.9 Å². The number of hydrogen-bond donors (Lipinski definition) is 1. The second-order valence-corrected chi connectivity index (χ2v) is 14.6. The lowest BCUT2D eigenvalue weighted by Gasteiger charge is -2.34. The average Bonchev–Trinajstić information content (AvgIpc) is 2.93. The molecule has 2 atom stereocenters. The van der Waals surface area contributed by atoms with Crippen molar-refractivity contribution in [3.05, 3.63) is 100 Å². The molecule has 9 heteroatoms. The van der Waals surface area contributed by atoms with Gasteiger partial charge in [-0.25, -0.2) is 8.42 Å². The Kier molecular flexibility index (Phi) is 11.4. The molecular weight excluding hydrogens is 614 g/mol. The first kappa shape index (κ1) is 33.3. The van der Waals surface area contributed by atoms with Crippen LogP contribution in [0.1, 0.15) is 57.7 Å². The maximum Gasteiger partial charge on any atom is 0.244 e. The van der Waals surface area contributed by atoms with Gasteiger partial charge >= 0.3 is 0 Å². The molecule has 3 rings (SSSR count). The number of hydrogen-bond acceptors (Lipinski definition) is 4. The van der Waals surface area contributed by atoms with Gasteiger partial charge in [-0.1, -0.05) is 98.2 Å². The van der Waals surface area contributed by atoms with Crippen molar-refractivity contribution >= 4 is 43.5 Å². The first-order valence-electron chi connectivity index (χ1n) is 14.2. The fourth-order valence-electron chi connectivity index (χ4n) is 4.57. The van der Waals surface area contributed by atoms with Crippen LogP contribution in [0.3, 0.4) is 0 Å². The molecule has 0 aromatic heterocycles. The summed E-state index contributed by atoms with van der Waals surface area (Å²) in [5, 5.41) is 3.04. The lowest BCUT2D eigenvalue weighted by atomic mass is 9.87. The molecule has 0 radical (unpaired) electrons. The molecule has 0 aliphatic rings. The van der Waals surface area contributed by atoms with Crippen molar-refractivity contribution in [2.45, 2.75) is 71.5 Å². The van der Waals surface area contributed by atoms with Gasteiger partial charge in [-0.15, -0.1) is 0 Å². The fraction of sp³-hybridized carbons (Fsp3) is 0.394. The minimum atomic E-state index is -3.82. The summed E-state index contributed by atoms with van der Waals surface area (Å²) in [6, 6.07) is 23.3. The molecule has 0 bridgehead atoms. The monoisotopic (exact) mass is 655 g/mol. The highest BCUT2D eigenvalue weighted by molar-refractivity contribution is 9.10. The first-order valence-corrected chi connectivity index (χ1v) is 16.8. The highest BCUT2D eigenvalue weighted by atomic mass is 79.9. The Balaban J connectivity index is 2.06. The van der Waals surface area contributed by atoms with E-state index in [-0.39, 0.29) is 30.3 Å². The predicted octanol–water partition coefficient (Wildman–Crippen LogP) is 6.07. The molecule has 0 unspecified atom stereocenters. The summed E-state index contributed by atoms with van der Waals surface area (Å²) in [4.78, 5) is 29.5. The van der Waals surface area contributed by atoms with Gasteiger partial charge < -0.3 is 10.2 Å². The van der Waals surface area contributed by atoms with Crippen molar-refractivity contribution in [3.8, 4) is 0 Å². The Labute approximate surface area is 259 Å². The summed E-state index contributed by atoms with van der Waals surface area (Å²) in [6.45, 7) is 9.83. The number of sulfonamides is 1. The Hall–Kier alpha value is -3.17. The third-order valence-electron chi connectivity index (χ3n) is 7.21. The van der Waals surface area contributed by atoms with E-state index in [1.807, 2.05) is 80.6 Å². The van der Waals surface area contributed by atoms with Crippen LogP contribution in [0.5, 0.6) is 0 Å². The molecule has 2 amide bonds. The van der Waals surface area contributed by atoms with Gasteiger partial charge in [0.1, 0.15) is 12.6 Å². The molecule has 7 nitrogen and oxygen atoms in total. The standard InChI is InChI=1S/C33H42BrN3O4S/c1-7-24(2)35-32(39)30(21-25-12-9-8-10-13-25)36(22-26-14-11-15-28(34)20-26)31(38)23-37(42(6,40)41)29-18-16-27(17-19-29)33(3,4)5/h8-20,24,30H,7,21-23H2,1-6H3,(H,35,39)/t24-,30-/m0/s1. The molecule has 0 spiro atoms. The summed E-state index contributed by atoms with van der Waals surface area (Å²) in [7, 11) is -3.82. The lowest BCUT2D eigenvalue weighted by Crippen LogP contribution is -2.54. The van der Waals surface area contributed by atoms with Crippen LogP contribution in [0.2, 0.25) is 0 Å². The number of amides is 2. The van der Waals surface area contributed by atoms with Crippen molar-refractivity contribution in [1.29, 1.82) is 0 Å². The van der Waals surface area contributed by atoms with Crippen LogP contribution < -0.4 is 9.62 Å². The molecule has 226 valence electrons. The molecule has 3 aromatic rings. The summed E-state index contributed by atoms with van der Waals surface area (Å²) in [5.41, 5.74) is 3.04. The number of carbonyl (C=O) groups is 2. The largest absolute Gasteiger partial charge is 0.352 e. The van der Waals surface area contributed by atoms with E-state index in [4.69, 9.17) is 0 Å². The Morgan fingerprint density at radius 3 is 2.10 bits per heavy atom. The number of rotatable bonds is 12. The maximum absolute atomic E-state index is 14.2. The lowest BCUT2D eigenvalue weighted by molar-refractivity contribution is -0.140. The van der Waals surface area contributed by atoms with Crippen molar-refractivity contribution in [1.82, 2.24) is 10.2 Å². The Morgan fingerprint density at radius 2 is 1.55 bits per heavy atom. The number of anilines is 1. The van der Waals surface area contributed by atoms with Gasteiger partial charge in [-0.2, -0.15) is 0 Å². The molecule has 0 aliphatic heterocycles. The van der Waals surface area contributed by atoms with Crippen molar-refractivity contribution in [3.63, 3.8) is 0 Å². The van der Waals surface area contributed by atoms with Crippen LogP contribution in [0.4, 0.5) is 5.69 Å². The fourth-order valence-corrected chi connectivity index (χ4v) is 5.86. The van der Waals surface area contributed by atoms with Crippen LogP contribution in [-0.2, 0) is 38.0 Å². The number of benzene rings is 3. The first-order chi connectivity index (χ1) is 19.7. The van der Waals surface area contributed by atoms with E-state index in [9.17, 15) is 18.0 Å².